The predicted octanol–water partition coefficient (Wildman–Crippen LogP) is 1.02. The number of rotatable bonds is 5. The minimum Gasteiger partial charge on any atom is -0.368 e. The number of thiophene rings is 1. The van der Waals surface area contributed by atoms with Crippen molar-refractivity contribution in [1.29, 1.82) is 0 Å². The lowest BCUT2D eigenvalue weighted by Crippen LogP contribution is -2.24. The van der Waals surface area contributed by atoms with Crippen LogP contribution in [0.5, 0.6) is 0 Å². The lowest BCUT2D eigenvalue weighted by atomic mass is 10.5. The molecule has 4 nitrogen and oxygen atoms in total. The van der Waals surface area contributed by atoms with Gasteiger partial charge in [-0.05, 0) is 22.0 Å². The van der Waals surface area contributed by atoms with Gasteiger partial charge in [0, 0.05) is 14.7 Å². The van der Waals surface area contributed by atoms with Crippen LogP contribution in [-0.2, 0) is 16.2 Å². The van der Waals surface area contributed by atoms with Crippen LogP contribution in [0.1, 0.15) is 4.88 Å². The van der Waals surface area contributed by atoms with Crippen molar-refractivity contribution in [2.45, 2.75) is 6.54 Å². The van der Waals surface area contributed by atoms with E-state index >= 15 is 0 Å². The quantitative estimate of drug-likeness (QED) is 0.617. The van der Waals surface area contributed by atoms with Crippen LogP contribution in [-0.4, -0.2) is 12.5 Å². The number of nitrogens with two attached hydrogens (primary N) is 1. The van der Waals surface area contributed by atoms with Gasteiger partial charge in [-0.25, -0.2) is 0 Å². The molecule has 0 spiro atoms. The molecule has 1 aromatic rings. The minimum atomic E-state index is -0.486. The Morgan fingerprint density at radius 1 is 1.77 bits per heavy atom. The molecule has 1 aromatic heterocycles. The summed E-state index contributed by atoms with van der Waals surface area (Å²) < 4.78 is 1.05. The SMILES string of the molecule is NC(=O)CONCc1cc(Br)cs1. The van der Waals surface area contributed by atoms with Gasteiger partial charge in [0.15, 0.2) is 0 Å². The average molecular weight is 265 g/mol. The van der Waals surface area contributed by atoms with Crippen LogP contribution in [0.2, 0.25) is 0 Å². The number of carbonyl (C=O) groups is 1. The molecule has 0 saturated carbocycles. The molecule has 0 fully saturated rings. The third-order valence-electron chi connectivity index (χ3n) is 1.18. The summed E-state index contributed by atoms with van der Waals surface area (Å²) in [4.78, 5) is 16.2. The van der Waals surface area contributed by atoms with Crippen LogP contribution < -0.4 is 11.2 Å². The zero-order valence-electron chi connectivity index (χ0n) is 6.75. The first-order valence-corrected chi connectivity index (χ1v) is 5.21. The maximum absolute atomic E-state index is 10.3. The molecular weight excluding hydrogens is 256 g/mol. The fourth-order valence-electron chi connectivity index (χ4n) is 0.691. The second kappa shape index (κ2) is 5.33. The maximum atomic E-state index is 10.3. The molecule has 13 heavy (non-hydrogen) atoms. The first kappa shape index (κ1) is 10.6. The smallest absolute Gasteiger partial charge is 0.245 e. The average Bonchev–Trinajstić information content (AvgIpc) is 2.45. The fourth-order valence-corrected chi connectivity index (χ4v) is 2.07. The summed E-state index contributed by atoms with van der Waals surface area (Å²) in [6.45, 7) is 0.468. The van der Waals surface area contributed by atoms with E-state index in [2.05, 4.69) is 21.4 Å². The molecule has 1 amide bonds. The van der Waals surface area contributed by atoms with E-state index in [1.165, 1.54) is 0 Å². The van der Waals surface area contributed by atoms with Crippen molar-refractivity contribution in [2.24, 2.45) is 5.73 Å². The lowest BCUT2D eigenvalue weighted by molar-refractivity contribution is -0.125. The van der Waals surface area contributed by atoms with E-state index in [4.69, 9.17) is 10.6 Å². The molecule has 1 heterocycles. The van der Waals surface area contributed by atoms with Gasteiger partial charge in [0.2, 0.25) is 5.91 Å². The van der Waals surface area contributed by atoms with Gasteiger partial charge in [-0.2, -0.15) is 5.48 Å². The second-order valence-corrected chi connectivity index (χ2v) is 4.22. The van der Waals surface area contributed by atoms with Gasteiger partial charge < -0.3 is 5.73 Å². The number of hydrogen-bond acceptors (Lipinski definition) is 4. The minimum absolute atomic E-state index is 0.105. The van der Waals surface area contributed by atoms with E-state index in [1.807, 2.05) is 11.4 Å². The summed E-state index contributed by atoms with van der Waals surface area (Å²) in [6.07, 6.45) is 0. The van der Waals surface area contributed by atoms with Crippen molar-refractivity contribution < 1.29 is 9.63 Å². The number of primary amides is 1. The Bertz CT molecular complexity index is 290. The molecule has 0 aliphatic heterocycles. The number of hydrogen-bond donors (Lipinski definition) is 2. The van der Waals surface area contributed by atoms with Crippen molar-refractivity contribution in [1.82, 2.24) is 5.48 Å². The third kappa shape index (κ3) is 4.37. The van der Waals surface area contributed by atoms with Crippen LogP contribution in [0.15, 0.2) is 15.9 Å². The standard InChI is InChI=1S/C7H9BrN2O2S/c8-5-1-6(13-4-5)2-10-12-3-7(9)11/h1,4,10H,2-3H2,(H2,9,11). The first-order chi connectivity index (χ1) is 6.18. The Morgan fingerprint density at radius 3 is 3.08 bits per heavy atom. The number of hydroxylamine groups is 1. The fraction of sp³-hybridized carbons (Fsp3) is 0.286. The second-order valence-electron chi connectivity index (χ2n) is 2.31. The van der Waals surface area contributed by atoms with Gasteiger partial charge in [0.25, 0.3) is 0 Å². The van der Waals surface area contributed by atoms with Crippen LogP contribution in [0.25, 0.3) is 0 Å². The summed E-state index contributed by atoms with van der Waals surface area (Å²) >= 11 is 4.93. The lowest BCUT2D eigenvalue weighted by Gasteiger charge is -2.00. The highest BCUT2D eigenvalue weighted by Crippen LogP contribution is 2.19. The highest BCUT2D eigenvalue weighted by Gasteiger charge is 1.97. The van der Waals surface area contributed by atoms with E-state index < -0.39 is 5.91 Å². The van der Waals surface area contributed by atoms with Crippen molar-refractivity contribution in [3.05, 3.63) is 20.8 Å². The van der Waals surface area contributed by atoms with Crippen LogP contribution in [0.4, 0.5) is 0 Å². The van der Waals surface area contributed by atoms with Gasteiger partial charge in [-0.1, -0.05) is 0 Å². The molecule has 0 atom stereocenters. The van der Waals surface area contributed by atoms with Gasteiger partial charge in [-0.3, -0.25) is 9.63 Å². The number of nitrogens with one attached hydrogen (secondary N) is 1. The van der Waals surface area contributed by atoms with Crippen molar-refractivity contribution in [2.75, 3.05) is 6.61 Å². The molecule has 1 rings (SSSR count). The van der Waals surface area contributed by atoms with Crippen LogP contribution in [0, 0.1) is 0 Å². The normalized spacial score (nSPS) is 10.2. The molecule has 6 heteroatoms. The van der Waals surface area contributed by atoms with Gasteiger partial charge in [0.05, 0.1) is 6.54 Å². The van der Waals surface area contributed by atoms with E-state index in [0.29, 0.717) is 6.54 Å². The molecule has 0 saturated heterocycles. The van der Waals surface area contributed by atoms with Gasteiger partial charge in [0.1, 0.15) is 6.61 Å². The summed E-state index contributed by atoms with van der Waals surface area (Å²) in [5.41, 5.74) is 7.50. The van der Waals surface area contributed by atoms with Crippen molar-refractivity contribution in [3.63, 3.8) is 0 Å². The van der Waals surface area contributed by atoms with E-state index in [0.717, 1.165) is 9.35 Å². The Morgan fingerprint density at radius 2 is 2.54 bits per heavy atom. The topological polar surface area (TPSA) is 64.4 Å². The predicted molar refractivity (Wildman–Crippen MR) is 54.0 cm³/mol. The largest absolute Gasteiger partial charge is 0.368 e. The molecule has 0 aliphatic carbocycles. The molecule has 72 valence electrons. The van der Waals surface area contributed by atoms with Crippen LogP contribution >= 0.6 is 27.3 Å². The first-order valence-electron chi connectivity index (χ1n) is 3.54. The van der Waals surface area contributed by atoms with Crippen LogP contribution in [0.3, 0.4) is 0 Å². The molecule has 0 aliphatic rings. The molecule has 0 unspecified atom stereocenters. The van der Waals surface area contributed by atoms with Crippen molar-refractivity contribution >= 4 is 33.2 Å². The Labute approximate surface area is 88.2 Å². The van der Waals surface area contributed by atoms with Crippen molar-refractivity contribution in [3.8, 4) is 0 Å². The number of amides is 1. The Balaban J connectivity index is 2.16. The number of halogens is 1. The summed E-state index contributed by atoms with van der Waals surface area (Å²) in [7, 11) is 0. The molecular formula is C7H9BrN2O2S. The summed E-state index contributed by atoms with van der Waals surface area (Å²) in [5, 5.41) is 1.98. The van der Waals surface area contributed by atoms with Gasteiger partial charge in [-0.15, -0.1) is 11.3 Å². The molecule has 0 bridgehead atoms. The molecule has 3 N–H and O–H groups in total. The monoisotopic (exact) mass is 264 g/mol. The number of carbonyl (C=O) groups excluding carboxylic acids is 1. The molecule has 0 aromatic carbocycles. The highest BCUT2D eigenvalue weighted by atomic mass is 79.9. The Hall–Kier alpha value is -0.430. The van der Waals surface area contributed by atoms with Gasteiger partial charge >= 0.3 is 0 Å². The van der Waals surface area contributed by atoms with E-state index in [9.17, 15) is 4.79 Å². The maximum Gasteiger partial charge on any atom is 0.245 e. The van der Waals surface area contributed by atoms with E-state index in [-0.39, 0.29) is 6.61 Å². The zero-order chi connectivity index (χ0) is 9.68. The van der Waals surface area contributed by atoms with E-state index in [1.54, 1.807) is 11.3 Å². The third-order valence-corrected chi connectivity index (χ3v) is 2.88. The zero-order valence-corrected chi connectivity index (χ0v) is 9.15. The summed E-state index contributed by atoms with van der Waals surface area (Å²) in [6, 6.07) is 1.98. The highest BCUT2D eigenvalue weighted by molar-refractivity contribution is 9.10. The Kier molecular flexibility index (Phi) is 4.37. The molecule has 0 radical (unpaired) electrons. The summed E-state index contributed by atoms with van der Waals surface area (Å²) in [5.74, 6) is -0.486.